The molecular formula is C26H20ClN3O2. The summed E-state index contributed by atoms with van der Waals surface area (Å²) in [7, 11) is 0. The van der Waals surface area contributed by atoms with Crippen LogP contribution in [0.2, 0.25) is 5.02 Å². The van der Waals surface area contributed by atoms with Gasteiger partial charge in [0.1, 0.15) is 11.4 Å². The molecule has 6 rings (SSSR count). The molecule has 1 unspecified atom stereocenters. The number of aryl methyl sites for hydroxylation is 1. The second-order valence-corrected chi connectivity index (χ2v) is 8.74. The first-order chi connectivity index (χ1) is 15.6. The summed E-state index contributed by atoms with van der Waals surface area (Å²) in [5.74, 6) is 0.866. The molecule has 32 heavy (non-hydrogen) atoms. The average molecular weight is 442 g/mol. The van der Waals surface area contributed by atoms with Crippen molar-refractivity contribution in [1.82, 2.24) is 9.55 Å². The summed E-state index contributed by atoms with van der Waals surface area (Å²) in [5, 5.41) is 1.65. The molecule has 0 spiro atoms. The third kappa shape index (κ3) is 3.09. The molecule has 3 heterocycles. The van der Waals surface area contributed by atoms with Crippen LogP contribution < -0.4 is 10.5 Å². The van der Waals surface area contributed by atoms with E-state index in [-0.39, 0.29) is 11.5 Å². The SMILES string of the molecule is Cc1ccc2c(C3CN(c4ccc(Cl)cc4)Cn4c3nc3ccccc34)cc(=O)oc2c1. The van der Waals surface area contributed by atoms with E-state index in [1.54, 1.807) is 6.07 Å². The van der Waals surface area contributed by atoms with E-state index in [1.165, 1.54) is 0 Å². The summed E-state index contributed by atoms with van der Waals surface area (Å²) in [6.07, 6.45) is 0. The lowest BCUT2D eigenvalue weighted by atomic mass is 9.93. The van der Waals surface area contributed by atoms with Gasteiger partial charge in [-0.1, -0.05) is 35.9 Å². The molecule has 5 nitrogen and oxygen atoms in total. The fourth-order valence-electron chi connectivity index (χ4n) is 4.70. The standard InChI is InChI=1S/C26H20ClN3O2/c1-16-6-11-19-20(13-25(31)32-24(19)12-16)21-14-29(18-9-7-17(27)8-10-18)15-30-23-5-3-2-4-22(23)28-26(21)30/h2-13,21H,14-15H2,1H3. The first-order valence-corrected chi connectivity index (χ1v) is 10.9. The zero-order valence-electron chi connectivity index (χ0n) is 17.5. The molecule has 1 aliphatic heterocycles. The van der Waals surface area contributed by atoms with Crippen LogP contribution in [0.4, 0.5) is 5.69 Å². The fraction of sp³-hybridized carbons (Fsp3) is 0.154. The van der Waals surface area contributed by atoms with E-state index in [4.69, 9.17) is 21.0 Å². The predicted molar refractivity (Wildman–Crippen MR) is 128 cm³/mol. The monoisotopic (exact) mass is 441 g/mol. The molecular weight excluding hydrogens is 422 g/mol. The summed E-state index contributed by atoms with van der Waals surface area (Å²) in [4.78, 5) is 19.8. The Morgan fingerprint density at radius 3 is 2.69 bits per heavy atom. The number of nitrogens with zero attached hydrogens (tertiary/aromatic N) is 3. The maximum Gasteiger partial charge on any atom is 0.336 e. The van der Waals surface area contributed by atoms with Crippen LogP contribution >= 0.6 is 11.6 Å². The Balaban J connectivity index is 1.59. The van der Waals surface area contributed by atoms with Crippen LogP contribution in [0, 0.1) is 6.92 Å². The Bertz CT molecular complexity index is 1540. The molecule has 0 fully saturated rings. The number of hydrogen-bond donors (Lipinski definition) is 0. The van der Waals surface area contributed by atoms with Gasteiger partial charge < -0.3 is 13.9 Å². The van der Waals surface area contributed by atoms with Gasteiger partial charge in [0.2, 0.25) is 0 Å². The van der Waals surface area contributed by atoms with E-state index in [0.717, 1.165) is 39.1 Å². The van der Waals surface area contributed by atoms with Gasteiger partial charge in [-0.25, -0.2) is 9.78 Å². The van der Waals surface area contributed by atoms with Crippen molar-refractivity contribution in [3.63, 3.8) is 0 Å². The van der Waals surface area contributed by atoms with Crippen LogP contribution in [-0.4, -0.2) is 16.1 Å². The summed E-state index contributed by atoms with van der Waals surface area (Å²) in [6, 6.07) is 23.7. The van der Waals surface area contributed by atoms with Crippen molar-refractivity contribution in [1.29, 1.82) is 0 Å². The Morgan fingerprint density at radius 1 is 1.03 bits per heavy atom. The van der Waals surface area contributed by atoms with Crippen molar-refractivity contribution >= 4 is 39.3 Å². The van der Waals surface area contributed by atoms with Gasteiger partial charge in [0.15, 0.2) is 0 Å². The van der Waals surface area contributed by atoms with Gasteiger partial charge in [-0.2, -0.15) is 0 Å². The molecule has 0 N–H and O–H groups in total. The second kappa shape index (κ2) is 7.24. The average Bonchev–Trinajstić information content (AvgIpc) is 3.17. The van der Waals surface area contributed by atoms with Crippen LogP contribution in [0.3, 0.4) is 0 Å². The number of imidazole rings is 1. The molecule has 0 radical (unpaired) electrons. The number of rotatable bonds is 2. The van der Waals surface area contributed by atoms with Gasteiger partial charge in [-0.15, -0.1) is 0 Å². The molecule has 3 aromatic carbocycles. The summed E-state index contributed by atoms with van der Waals surface area (Å²) in [5.41, 5.74) is 5.36. The number of halogens is 1. The van der Waals surface area contributed by atoms with E-state index in [2.05, 4.69) is 21.6 Å². The highest BCUT2D eigenvalue weighted by Crippen LogP contribution is 2.37. The van der Waals surface area contributed by atoms with E-state index in [1.807, 2.05) is 61.5 Å². The maximum absolute atomic E-state index is 12.5. The molecule has 5 aromatic rings. The number of anilines is 1. The Labute approximate surface area is 189 Å². The summed E-state index contributed by atoms with van der Waals surface area (Å²) < 4.78 is 7.78. The fourth-order valence-corrected chi connectivity index (χ4v) is 4.82. The van der Waals surface area contributed by atoms with Crippen molar-refractivity contribution in [3.05, 3.63) is 105 Å². The van der Waals surface area contributed by atoms with Crippen LogP contribution in [0.1, 0.15) is 22.9 Å². The number of fused-ring (bicyclic) bond motifs is 4. The van der Waals surface area contributed by atoms with Crippen LogP contribution in [0.25, 0.3) is 22.0 Å². The molecule has 0 aliphatic carbocycles. The van der Waals surface area contributed by atoms with Crippen molar-refractivity contribution in [3.8, 4) is 0 Å². The largest absolute Gasteiger partial charge is 0.423 e. The third-order valence-corrected chi connectivity index (χ3v) is 6.46. The van der Waals surface area contributed by atoms with Gasteiger partial charge in [-0.05, 0) is 60.5 Å². The summed E-state index contributed by atoms with van der Waals surface area (Å²) in [6.45, 7) is 3.36. The van der Waals surface area contributed by atoms with Crippen LogP contribution in [0.5, 0.6) is 0 Å². The zero-order chi connectivity index (χ0) is 21.8. The van der Waals surface area contributed by atoms with E-state index >= 15 is 0 Å². The number of hydrogen-bond acceptors (Lipinski definition) is 4. The molecule has 0 saturated heterocycles. The Morgan fingerprint density at radius 2 is 1.84 bits per heavy atom. The smallest absolute Gasteiger partial charge is 0.336 e. The number of para-hydroxylation sites is 2. The summed E-state index contributed by atoms with van der Waals surface area (Å²) >= 11 is 6.13. The molecule has 0 amide bonds. The van der Waals surface area contributed by atoms with Gasteiger partial charge in [0, 0.05) is 28.7 Å². The maximum atomic E-state index is 12.5. The third-order valence-electron chi connectivity index (χ3n) is 6.21. The first kappa shape index (κ1) is 19.1. The highest BCUT2D eigenvalue weighted by atomic mass is 35.5. The lowest BCUT2D eigenvalue weighted by Crippen LogP contribution is -2.38. The van der Waals surface area contributed by atoms with Crippen molar-refractivity contribution in [2.24, 2.45) is 0 Å². The van der Waals surface area contributed by atoms with Crippen molar-refractivity contribution in [2.45, 2.75) is 19.5 Å². The van der Waals surface area contributed by atoms with Gasteiger partial charge in [0.05, 0.1) is 23.6 Å². The molecule has 2 aromatic heterocycles. The van der Waals surface area contributed by atoms with E-state index < -0.39 is 0 Å². The van der Waals surface area contributed by atoms with E-state index in [9.17, 15) is 4.79 Å². The predicted octanol–water partition coefficient (Wildman–Crippen LogP) is 5.71. The van der Waals surface area contributed by atoms with Crippen molar-refractivity contribution < 1.29 is 4.42 Å². The molecule has 0 saturated carbocycles. The van der Waals surface area contributed by atoms with Crippen LogP contribution in [-0.2, 0) is 6.67 Å². The minimum Gasteiger partial charge on any atom is -0.423 e. The lowest BCUT2D eigenvalue weighted by Gasteiger charge is -2.36. The van der Waals surface area contributed by atoms with Crippen molar-refractivity contribution in [2.75, 3.05) is 11.4 Å². The van der Waals surface area contributed by atoms with Gasteiger partial charge in [0.25, 0.3) is 0 Å². The quantitative estimate of drug-likeness (QED) is 0.329. The van der Waals surface area contributed by atoms with Gasteiger partial charge in [-0.3, -0.25) is 0 Å². The minimum atomic E-state index is -0.343. The zero-order valence-corrected chi connectivity index (χ0v) is 18.2. The van der Waals surface area contributed by atoms with Crippen LogP contribution in [0.15, 0.2) is 82.0 Å². The molecule has 1 aliphatic rings. The highest BCUT2D eigenvalue weighted by Gasteiger charge is 2.31. The number of aromatic nitrogens is 2. The Hall–Kier alpha value is -3.57. The van der Waals surface area contributed by atoms with E-state index in [0.29, 0.717) is 23.8 Å². The molecule has 158 valence electrons. The Kier molecular flexibility index (Phi) is 4.33. The lowest BCUT2D eigenvalue weighted by molar-refractivity contribution is 0.517. The normalized spacial score (nSPS) is 15.9. The van der Waals surface area contributed by atoms with Gasteiger partial charge >= 0.3 is 5.63 Å². The topological polar surface area (TPSA) is 51.3 Å². The molecule has 0 bridgehead atoms. The minimum absolute atomic E-state index is 0.0962. The molecule has 1 atom stereocenters. The first-order valence-electron chi connectivity index (χ1n) is 10.6. The number of benzene rings is 3. The second-order valence-electron chi connectivity index (χ2n) is 8.30. The highest BCUT2D eigenvalue weighted by molar-refractivity contribution is 6.30. The molecule has 6 heteroatoms.